The van der Waals surface area contributed by atoms with Crippen molar-refractivity contribution in [2.75, 3.05) is 13.7 Å². The summed E-state index contributed by atoms with van der Waals surface area (Å²) in [6.45, 7) is 0.833. The summed E-state index contributed by atoms with van der Waals surface area (Å²) in [6.07, 6.45) is 4.85. The molecule has 128 valence electrons. The molecule has 2 fully saturated rings. The lowest BCUT2D eigenvalue weighted by atomic mass is 9.80. The van der Waals surface area contributed by atoms with Crippen molar-refractivity contribution in [2.45, 2.75) is 24.5 Å². The topological polar surface area (TPSA) is 63.1 Å². The van der Waals surface area contributed by atoms with Gasteiger partial charge >= 0.3 is 0 Å². The average molecular weight is 331 g/mol. The molecule has 0 radical (unpaired) electrons. The number of hydrazine groups is 1. The summed E-state index contributed by atoms with van der Waals surface area (Å²) in [5.74, 6) is 0.764. The lowest BCUT2D eigenvalue weighted by molar-refractivity contribution is 0.264. The zero-order valence-electron chi connectivity index (χ0n) is 13.8. The van der Waals surface area contributed by atoms with Crippen LogP contribution in [0.25, 0.3) is 0 Å². The number of hydrogen-bond donors (Lipinski definition) is 3. The molecule has 2 aliphatic heterocycles. The second-order valence-electron chi connectivity index (χ2n) is 6.57. The second kappa shape index (κ2) is 6.16. The van der Waals surface area contributed by atoms with Crippen LogP contribution in [0.15, 0.2) is 30.6 Å². The van der Waals surface area contributed by atoms with Crippen molar-refractivity contribution >= 4 is 0 Å². The number of aromatic nitrogens is 2. The van der Waals surface area contributed by atoms with Gasteiger partial charge in [0.25, 0.3) is 0 Å². The molecule has 2 aromatic rings. The molecule has 24 heavy (non-hydrogen) atoms. The van der Waals surface area contributed by atoms with Crippen LogP contribution < -0.4 is 20.9 Å². The van der Waals surface area contributed by atoms with Gasteiger partial charge in [-0.1, -0.05) is 0 Å². The maximum absolute atomic E-state index is 14.4. The standard InChI is InChI=1S/C17H22FN5O/c1-23-9-10(7-20-23)15-6-13-16(8-19-15)21-22-17(13)12-5-11(24-2)3-4-14(12)18/h3-5,7,9,13,15-17,19,21-22H,6,8H2,1-2H3. The van der Waals surface area contributed by atoms with Gasteiger partial charge in [-0.3, -0.25) is 10.1 Å². The maximum atomic E-state index is 14.4. The Morgan fingerprint density at radius 3 is 2.96 bits per heavy atom. The first kappa shape index (κ1) is 15.6. The molecule has 4 unspecified atom stereocenters. The Hall–Kier alpha value is -1.96. The van der Waals surface area contributed by atoms with E-state index in [2.05, 4.69) is 21.3 Å². The van der Waals surface area contributed by atoms with Crippen LogP contribution >= 0.6 is 0 Å². The minimum atomic E-state index is -0.202. The smallest absolute Gasteiger partial charge is 0.128 e. The monoisotopic (exact) mass is 331 g/mol. The first-order valence-corrected chi connectivity index (χ1v) is 8.22. The minimum absolute atomic E-state index is 0.0774. The van der Waals surface area contributed by atoms with Crippen LogP contribution in [0.2, 0.25) is 0 Å². The summed E-state index contributed by atoms with van der Waals surface area (Å²) in [4.78, 5) is 0. The van der Waals surface area contributed by atoms with Crippen molar-refractivity contribution in [3.8, 4) is 5.75 Å². The molecular weight excluding hydrogens is 309 g/mol. The summed E-state index contributed by atoms with van der Waals surface area (Å²) in [5.41, 5.74) is 8.41. The summed E-state index contributed by atoms with van der Waals surface area (Å²) >= 11 is 0. The van der Waals surface area contributed by atoms with Crippen molar-refractivity contribution in [1.82, 2.24) is 25.9 Å². The lowest BCUT2D eigenvalue weighted by Gasteiger charge is -2.34. The number of benzene rings is 1. The van der Waals surface area contributed by atoms with Gasteiger partial charge in [0.2, 0.25) is 0 Å². The quantitative estimate of drug-likeness (QED) is 0.794. The Balaban J connectivity index is 1.60. The number of nitrogens with zero attached hydrogens (tertiary/aromatic N) is 2. The number of rotatable bonds is 3. The van der Waals surface area contributed by atoms with Gasteiger partial charge in [0.1, 0.15) is 11.6 Å². The Kier molecular flexibility index (Phi) is 3.99. The van der Waals surface area contributed by atoms with Crippen LogP contribution in [0.1, 0.15) is 29.6 Å². The third kappa shape index (κ3) is 2.68. The summed E-state index contributed by atoms with van der Waals surface area (Å²) < 4.78 is 21.5. The number of methoxy groups -OCH3 is 1. The molecule has 6 nitrogen and oxygen atoms in total. The zero-order valence-corrected chi connectivity index (χ0v) is 13.8. The molecule has 0 saturated carbocycles. The van der Waals surface area contributed by atoms with E-state index in [1.165, 1.54) is 11.6 Å². The fourth-order valence-electron chi connectivity index (χ4n) is 3.84. The van der Waals surface area contributed by atoms with Gasteiger partial charge in [-0.05, 0) is 30.5 Å². The normalized spacial score (nSPS) is 29.5. The van der Waals surface area contributed by atoms with Gasteiger partial charge in [-0.15, -0.1) is 0 Å². The molecular formula is C17H22FN5O. The molecule has 3 N–H and O–H groups in total. The largest absolute Gasteiger partial charge is 0.497 e. The van der Waals surface area contributed by atoms with Crippen LogP contribution in [-0.2, 0) is 7.05 Å². The van der Waals surface area contributed by atoms with E-state index in [-0.39, 0.29) is 29.9 Å². The van der Waals surface area contributed by atoms with Crippen LogP contribution in [0.4, 0.5) is 4.39 Å². The molecule has 0 amide bonds. The predicted octanol–water partition coefficient (Wildman–Crippen LogP) is 1.44. The number of halogens is 1. The van der Waals surface area contributed by atoms with Crippen molar-refractivity contribution < 1.29 is 9.13 Å². The first-order chi connectivity index (χ1) is 11.7. The number of aryl methyl sites for hydroxylation is 1. The maximum Gasteiger partial charge on any atom is 0.128 e. The van der Waals surface area contributed by atoms with Crippen LogP contribution in [0.5, 0.6) is 5.75 Å². The second-order valence-corrected chi connectivity index (χ2v) is 6.57. The molecule has 7 heteroatoms. The van der Waals surface area contributed by atoms with E-state index in [0.717, 1.165) is 13.0 Å². The average Bonchev–Trinajstić information content (AvgIpc) is 3.21. The van der Waals surface area contributed by atoms with Crippen LogP contribution in [0, 0.1) is 11.7 Å². The van der Waals surface area contributed by atoms with Gasteiger partial charge < -0.3 is 10.1 Å². The Morgan fingerprint density at radius 2 is 2.21 bits per heavy atom. The highest BCUT2D eigenvalue weighted by atomic mass is 19.1. The van der Waals surface area contributed by atoms with E-state index >= 15 is 0 Å². The number of piperidine rings is 1. The van der Waals surface area contributed by atoms with Gasteiger partial charge in [-0.25, -0.2) is 9.82 Å². The number of fused-ring (bicyclic) bond motifs is 1. The van der Waals surface area contributed by atoms with Gasteiger partial charge in [-0.2, -0.15) is 5.10 Å². The van der Waals surface area contributed by atoms with E-state index in [1.54, 1.807) is 19.2 Å². The highest BCUT2D eigenvalue weighted by Gasteiger charge is 2.42. The van der Waals surface area contributed by atoms with Crippen molar-refractivity contribution in [1.29, 1.82) is 0 Å². The molecule has 1 aromatic heterocycles. The molecule has 4 atom stereocenters. The highest BCUT2D eigenvalue weighted by molar-refractivity contribution is 5.33. The van der Waals surface area contributed by atoms with Crippen molar-refractivity contribution in [3.63, 3.8) is 0 Å². The summed E-state index contributed by atoms with van der Waals surface area (Å²) in [7, 11) is 3.52. The van der Waals surface area contributed by atoms with Crippen molar-refractivity contribution in [2.24, 2.45) is 13.0 Å². The predicted molar refractivity (Wildman–Crippen MR) is 87.8 cm³/mol. The molecule has 0 spiro atoms. The van der Waals surface area contributed by atoms with E-state index in [0.29, 0.717) is 11.3 Å². The van der Waals surface area contributed by atoms with Gasteiger partial charge in [0.15, 0.2) is 0 Å². The summed E-state index contributed by atoms with van der Waals surface area (Å²) in [6, 6.07) is 5.35. The SMILES string of the molecule is COc1ccc(F)c(C2NNC3CNC(c4cnn(C)c4)CC32)c1. The molecule has 0 aliphatic carbocycles. The van der Waals surface area contributed by atoms with E-state index in [1.807, 2.05) is 24.1 Å². The van der Waals surface area contributed by atoms with Gasteiger partial charge in [0, 0.05) is 43.0 Å². The summed E-state index contributed by atoms with van der Waals surface area (Å²) in [5, 5.41) is 7.82. The Morgan fingerprint density at radius 1 is 1.33 bits per heavy atom. The molecule has 0 bridgehead atoms. The van der Waals surface area contributed by atoms with E-state index in [4.69, 9.17) is 4.74 Å². The molecule has 1 aromatic carbocycles. The molecule has 4 rings (SSSR count). The minimum Gasteiger partial charge on any atom is -0.497 e. The Labute approximate surface area is 140 Å². The third-order valence-electron chi connectivity index (χ3n) is 5.13. The fourth-order valence-corrected chi connectivity index (χ4v) is 3.84. The van der Waals surface area contributed by atoms with Crippen LogP contribution in [-0.4, -0.2) is 29.5 Å². The van der Waals surface area contributed by atoms with E-state index < -0.39 is 0 Å². The fraction of sp³-hybridized carbons (Fsp3) is 0.471. The number of ether oxygens (including phenoxy) is 1. The Bertz CT molecular complexity index is 734. The number of hydrogen-bond acceptors (Lipinski definition) is 5. The van der Waals surface area contributed by atoms with E-state index in [9.17, 15) is 4.39 Å². The molecule has 2 saturated heterocycles. The number of nitrogens with one attached hydrogen (secondary N) is 3. The third-order valence-corrected chi connectivity index (χ3v) is 5.13. The lowest BCUT2D eigenvalue weighted by Crippen LogP contribution is -2.46. The van der Waals surface area contributed by atoms with Crippen molar-refractivity contribution in [3.05, 3.63) is 47.5 Å². The highest BCUT2D eigenvalue weighted by Crippen LogP contribution is 2.39. The zero-order chi connectivity index (χ0) is 16.7. The first-order valence-electron chi connectivity index (χ1n) is 8.22. The van der Waals surface area contributed by atoms with Crippen LogP contribution in [0.3, 0.4) is 0 Å². The van der Waals surface area contributed by atoms with Gasteiger partial charge in [0.05, 0.1) is 19.3 Å². The molecule has 3 heterocycles. The molecule has 2 aliphatic rings.